The van der Waals surface area contributed by atoms with E-state index in [1.807, 2.05) is 12.1 Å². The van der Waals surface area contributed by atoms with E-state index in [2.05, 4.69) is 181 Å². The third-order valence-electron chi connectivity index (χ3n) is 11.7. The van der Waals surface area contributed by atoms with Gasteiger partial charge in [0.2, 0.25) is 0 Å². The molecule has 0 spiro atoms. The van der Waals surface area contributed by atoms with Crippen molar-refractivity contribution in [2.24, 2.45) is 21.8 Å². The number of furan rings is 1. The predicted molar refractivity (Wildman–Crippen MR) is 236 cm³/mol. The monoisotopic (exact) mass is 733 g/mol. The molecule has 2 heterocycles. The summed E-state index contributed by atoms with van der Waals surface area (Å²) >= 11 is 0. The zero-order valence-electron chi connectivity index (χ0n) is 31.3. The van der Waals surface area contributed by atoms with Crippen LogP contribution in [-0.2, 0) is 6.42 Å². The third-order valence-corrected chi connectivity index (χ3v) is 11.7. The second-order valence-corrected chi connectivity index (χ2v) is 15.3. The second kappa shape index (κ2) is 13.9. The molecule has 1 aromatic heterocycles. The zero-order chi connectivity index (χ0) is 37.7. The third kappa shape index (κ3) is 6.20. The molecule has 4 aliphatic rings. The molecule has 11 rings (SSSR count). The van der Waals surface area contributed by atoms with Gasteiger partial charge in [-0.25, -0.2) is 9.98 Å². The molecular weight excluding hydrogens is 695 g/mol. The van der Waals surface area contributed by atoms with Gasteiger partial charge in [-0.3, -0.25) is 0 Å². The molecule has 1 N–H and O–H groups in total. The number of amidine groups is 2. The lowest BCUT2D eigenvalue weighted by atomic mass is 9.79. The van der Waals surface area contributed by atoms with Crippen LogP contribution in [0.4, 0.5) is 0 Å². The van der Waals surface area contributed by atoms with E-state index in [-0.39, 0.29) is 11.8 Å². The largest absolute Gasteiger partial charge is 0.456 e. The van der Waals surface area contributed by atoms with Gasteiger partial charge in [0.15, 0.2) is 6.17 Å². The molecular formula is C53H39N3O. The molecule has 6 aromatic carbocycles. The van der Waals surface area contributed by atoms with Crippen LogP contribution < -0.4 is 5.32 Å². The van der Waals surface area contributed by atoms with Crippen LogP contribution in [-0.4, -0.2) is 11.7 Å². The Morgan fingerprint density at radius 2 is 1.21 bits per heavy atom. The van der Waals surface area contributed by atoms with Crippen molar-refractivity contribution in [2.45, 2.75) is 19.0 Å². The molecule has 4 heteroatoms. The Bertz CT molecular complexity index is 2920. The number of allylic oxidation sites excluding steroid dienone is 7. The van der Waals surface area contributed by atoms with Gasteiger partial charge in [-0.15, -0.1) is 0 Å². The van der Waals surface area contributed by atoms with Crippen LogP contribution in [0.25, 0.3) is 55.8 Å². The molecule has 0 radical (unpaired) electrons. The van der Waals surface area contributed by atoms with Gasteiger partial charge in [0, 0.05) is 39.3 Å². The Labute approximate surface area is 332 Å². The molecule has 7 aromatic rings. The van der Waals surface area contributed by atoms with E-state index in [9.17, 15) is 0 Å². The first-order valence-electron chi connectivity index (χ1n) is 19.9. The molecule has 1 aliphatic heterocycles. The van der Waals surface area contributed by atoms with Gasteiger partial charge >= 0.3 is 0 Å². The number of fused-ring (bicyclic) bond motifs is 5. The Morgan fingerprint density at radius 1 is 0.544 bits per heavy atom. The Kier molecular flexibility index (Phi) is 8.13. The van der Waals surface area contributed by atoms with Crippen molar-refractivity contribution in [3.8, 4) is 22.3 Å². The molecule has 0 saturated heterocycles. The summed E-state index contributed by atoms with van der Waals surface area (Å²) in [6, 6.07) is 49.4. The fourth-order valence-corrected chi connectivity index (χ4v) is 8.73. The van der Waals surface area contributed by atoms with Crippen LogP contribution in [0.1, 0.15) is 40.4 Å². The van der Waals surface area contributed by atoms with E-state index >= 15 is 0 Å². The number of hydrogen-bond acceptors (Lipinski definition) is 4. The summed E-state index contributed by atoms with van der Waals surface area (Å²) in [6.07, 6.45) is 19.9. The van der Waals surface area contributed by atoms with Crippen LogP contribution in [0.2, 0.25) is 0 Å². The van der Waals surface area contributed by atoms with Crippen molar-refractivity contribution in [3.63, 3.8) is 0 Å². The van der Waals surface area contributed by atoms with Gasteiger partial charge in [0.1, 0.15) is 22.8 Å². The SMILES string of the molecule is C1=Cc2ccc(C3=NC(c4cc(-c5ccc(-c6ccccc6)cc5)c5c(c4)oc4ccccc45)N=C(C4=CC5C=CC(c6ccccc6)=CC5C=C4)N3)cc2CC1. The Balaban J connectivity index is 1.03. The Hall–Kier alpha value is -7.04. The van der Waals surface area contributed by atoms with E-state index in [1.165, 1.54) is 33.4 Å². The highest BCUT2D eigenvalue weighted by molar-refractivity contribution is 6.17. The summed E-state index contributed by atoms with van der Waals surface area (Å²) in [7, 11) is 0. The minimum Gasteiger partial charge on any atom is -0.456 e. The zero-order valence-corrected chi connectivity index (χ0v) is 31.3. The smallest absolute Gasteiger partial charge is 0.169 e. The van der Waals surface area contributed by atoms with Gasteiger partial charge in [-0.05, 0) is 81.6 Å². The highest BCUT2D eigenvalue weighted by Crippen LogP contribution is 2.41. The van der Waals surface area contributed by atoms with Crippen molar-refractivity contribution < 1.29 is 4.42 Å². The van der Waals surface area contributed by atoms with E-state index in [0.29, 0.717) is 0 Å². The molecule has 3 aliphatic carbocycles. The summed E-state index contributed by atoms with van der Waals surface area (Å²) in [4.78, 5) is 10.8. The molecule has 0 amide bonds. The van der Waals surface area contributed by atoms with Gasteiger partial charge in [0.25, 0.3) is 0 Å². The first-order valence-corrected chi connectivity index (χ1v) is 19.9. The van der Waals surface area contributed by atoms with Crippen LogP contribution >= 0.6 is 0 Å². The van der Waals surface area contributed by atoms with Gasteiger partial charge < -0.3 is 9.73 Å². The molecule has 0 bridgehead atoms. The average molecular weight is 734 g/mol. The highest BCUT2D eigenvalue weighted by Gasteiger charge is 2.28. The molecule has 3 unspecified atom stereocenters. The average Bonchev–Trinajstić information content (AvgIpc) is 3.67. The minimum absolute atomic E-state index is 0.232. The predicted octanol–water partition coefficient (Wildman–Crippen LogP) is 12.7. The van der Waals surface area contributed by atoms with Crippen LogP contribution in [0.5, 0.6) is 0 Å². The number of aryl methyl sites for hydroxylation is 1. The summed E-state index contributed by atoms with van der Waals surface area (Å²) in [5, 5.41) is 5.90. The molecule has 4 nitrogen and oxygen atoms in total. The minimum atomic E-state index is -0.495. The topological polar surface area (TPSA) is 49.9 Å². The molecule has 57 heavy (non-hydrogen) atoms. The highest BCUT2D eigenvalue weighted by atomic mass is 16.3. The van der Waals surface area contributed by atoms with Gasteiger partial charge in [0.05, 0.1) is 0 Å². The molecule has 3 atom stereocenters. The Morgan fingerprint density at radius 3 is 2.04 bits per heavy atom. The van der Waals surface area contributed by atoms with E-state index in [1.54, 1.807) is 0 Å². The molecule has 0 saturated carbocycles. The van der Waals surface area contributed by atoms with Crippen molar-refractivity contribution in [1.82, 2.24) is 5.32 Å². The number of aliphatic imine (C=N–C) groups is 2. The van der Waals surface area contributed by atoms with Gasteiger partial charge in [-0.1, -0.05) is 164 Å². The van der Waals surface area contributed by atoms with Crippen molar-refractivity contribution in [2.75, 3.05) is 0 Å². The lowest BCUT2D eigenvalue weighted by Gasteiger charge is -2.28. The number of nitrogens with zero attached hydrogens (tertiary/aromatic N) is 2. The fourth-order valence-electron chi connectivity index (χ4n) is 8.73. The molecule has 272 valence electrons. The quantitative estimate of drug-likeness (QED) is 0.185. The standard InChI is InChI=1S/C53H39N3O/c1-3-11-34(12-4-1)37-19-22-38(23-20-37)47-32-45(33-49-50(47)46-17-9-10-18-48(46)57-49)53-55-51(43-27-21-36-15-7-8-16-39(36)30-43)54-52(56-53)44-28-26-41-29-40(24-25-42(41)31-44)35-13-5-2-6-14-35/h1-7,9-15,17-33,41-42,53H,8,16H2,(H,54,55,56). The van der Waals surface area contributed by atoms with Gasteiger partial charge in [-0.2, -0.15) is 0 Å². The number of nitrogens with one attached hydrogen (secondary N) is 1. The van der Waals surface area contributed by atoms with E-state index < -0.39 is 6.17 Å². The summed E-state index contributed by atoms with van der Waals surface area (Å²) in [5.74, 6) is 2.16. The van der Waals surface area contributed by atoms with Crippen LogP contribution in [0.3, 0.4) is 0 Å². The summed E-state index contributed by atoms with van der Waals surface area (Å²) in [6.45, 7) is 0. The number of benzene rings is 6. The van der Waals surface area contributed by atoms with Crippen molar-refractivity contribution in [3.05, 3.63) is 215 Å². The first-order chi connectivity index (χ1) is 28.2. The number of para-hydroxylation sites is 1. The maximum atomic E-state index is 6.60. The van der Waals surface area contributed by atoms with Crippen LogP contribution in [0.15, 0.2) is 202 Å². The van der Waals surface area contributed by atoms with Crippen molar-refractivity contribution in [1.29, 1.82) is 0 Å². The maximum absolute atomic E-state index is 6.60. The fraction of sp³-hybridized carbons (Fsp3) is 0.0943. The number of rotatable bonds is 6. The van der Waals surface area contributed by atoms with E-state index in [0.717, 1.165) is 74.3 Å². The lowest BCUT2D eigenvalue weighted by Crippen LogP contribution is -2.37. The second-order valence-electron chi connectivity index (χ2n) is 15.3. The number of hydrogen-bond donors (Lipinski definition) is 1. The lowest BCUT2D eigenvalue weighted by molar-refractivity contribution is 0.658. The van der Waals surface area contributed by atoms with Crippen molar-refractivity contribution >= 4 is 45.3 Å². The summed E-state index contributed by atoms with van der Waals surface area (Å²) in [5.41, 5.74) is 14.5. The summed E-state index contributed by atoms with van der Waals surface area (Å²) < 4.78 is 6.60. The maximum Gasteiger partial charge on any atom is 0.169 e. The molecule has 0 fully saturated rings. The van der Waals surface area contributed by atoms with E-state index in [4.69, 9.17) is 14.4 Å². The van der Waals surface area contributed by atoms with Crippen LogP contribution in [0, 0.1) is 11.8 Å². The first kappa shape index (κ1) is 33.3. The normalized spacial score (nSPS) is 19.6.